The average molecular weight is 324 g/mol. The molecule has 2 aromatic carbocycles. The molecule has 2 aromatic rings. The smallest absolute Gasteiger partial charge is 0.306 e. The first-order valence-corrected chi connectivity index (χ1v) is 8.60. The number of carbonyl (C=O) groups is 1. The lowest BCUT2D eigenvalue weighted by molar-refractivity contribution is -0.141. The monoisotopic (exact) mass is 324 g/mol. The zero-order valence-electron chi connectivity index (χ0n) is 14.0. The maximum Gasteiger partial charge on any atom is 0.306 e. The van der Waals surface area contributed by atoms with Crippen molar-refractivity contribution in [2.45, 2.75) is 26.2 Å². The minimum atomic E-state index is -0.761. The number of ether oxygens (including phenoxy) is 1. The Labute approximate surface area is 143 Å². The molecule has 3 nitrogen and oxygen atoms in total. The first-order valence-electron chi connectivity index (χ1n) is 8.60. The molecule has 24 heavy (non-hydrogen) atoms. The molecule has 3 atom stereocenters. The van der Waals surface area contributed by atoms with Crippen LogP contribution in [0.1, 0.15) is 24.5 Å². The number of hydrogen-bond acceptors (Lipinski definition) is 2. The molecule has 0 spiro atoms. The molecule has 1 aliphatic carbocycles. The average Bonchev–Trinajstić information content (AvgIpc) is 3.32. The van der Waals surface area contributed by atoms with E-state index in [-0.39, 0.29) is 5.92 Å². The molecule has 0 aliphatic heterocycles. The Hall–Kier alpha value is -2.29. The van der Waals surface area contributed by atoms with E-state index in [1.54, 1.807) is 6.92 Å². The molecule has 0 heterocycles. The van der Waals surface area contributed by atoms with Crippen molar-refractivity contribution in [2.24, 2.45) is 17.8 Å². The number of rotatable bonds is 8. The van der Waals surface area contributed by atoms with Gasteiger partial charge in [0, 0.05) is 0 Å². The highest BCUT2D eigenvalue weighted by Crippen LogP contribution is 2.41. The fourth-order valence-corrected chi connectivity index (χ4v) is 3.09. The Kier molecular flexibility index (Phi) is 5.19. The Morgan fingerprint density at radius 1 is 1.12 bits per heavy atom. The topological polar surface area (TPSA) is 46.5 Å². The molecule has 0 aromatic heterocycles. The summed E-state index contributed by atoms with van der Waals surface area (Å²) in [7, 11) is 0. The van der Waals surface area contributed by atoms with Gasteiger partial charge >= 0.3 is 5.97 Å². The molecule has 1 N–H and O–H groups in total. The highest BCUT2D eigenvalue weighted by molar-refractivity contribution is 5.69. The molecule has 3 heteroatoms. The summed E-state index contributed by atoms with van der Waals surface area (Å²) in [4.78, 5) is 11.0. The van der Waals surface area contributed by atoms with E-state index < -0.39 is 5.97 Å². The van der Waals surface area contributed by atoms with Crippen molar-refractivity contribution in [3.8, 4) is 5.75 Å². The second-order valence-electron chi connectivity index (χ2n) is 6.85. The summed E-state index contributed by atoms with van der Waals surface area (Å²) < 4.78 is 5.93. The molecule has 0 saturated heterocycles. The molecular formula is C21H24O3. The van der Waals surface area contributed by atoms with Gasteiger partial charge in [-0.2, -0.15) is 0 Å². The van der Waals surface area contributed by atoms with Crippen LogP contribution >= 0.6 is 0 Å². The lowest BCUT2D eigenvalue weighted by Crippen LogP contribution is -2.12. The van der Waals surface area contributed by atoms with Gasteiger partial charge in [0.05, 0.1) is 12.5 Å². The van der Waals surface area contributed by atoms with E-state index in [2.05, 4.69) is 30.3 Å². The van der Waals surface area contributed by atoms with Crippen LogP contribution in [0.4, 0.5) is 0 Å². The van der Waals surface area contributed by atoms with Crippen LogP contribution in [0.25, 0.3) is 0 Å². The van der Waals surface area contributed by atoms with Crippen molar-refractivity contribution in [2.75, 3.05) is 6.61 Å². The third-order valence-corrected chi connectivity index (χ3v) is 4.74. The SMILES string of the molecule is CC(Cc1cccc(OCC2CC2Cc2ccccc2)c1)C(=O)O. The Morgan fingerprint density at radius 3 is 2.62 bits per heavy atom. The van der Waals surface area contributed by atoms with Crippen LogP contribution in [0.2, 0.25) is 0 Å². The van der Waals surface area contributed by atoms with Crippen LogP contribution in [0.5, 0.6) is 5.75 Å². The summed E-state index contributed by atoms with van der Waals surface area (Å²) >= 11 is 0. The van der Waals surface area contributed by atoms with Crippen LogP contribution in [0.15, 0.2) is 54.6 Å². The first-order chi connectivity index (χ1) is 11.6. The van der Waals surface area contributed by atoms with Crippen molar-refractivity contribution < 1.29 is 14.6 Å². The van der Waals surface area contributed by atoms with Gasteiger partial charge in [-0.3, -0.25) is 4.79 Å². The van der Waals surface area contributed by atoms with Gasteiger partial charge in [0.2, 0.25) is 0 Å². The first kappa shape index (κ1) is 16.6. The van der Waals surface area contributed by atoms with Crippen LogP contribution < -0.4 is 4.74 Å². The van der Waals surface area contributed by atoms with Gasteiger partial charge in [0.15, 0.2) is 0 Å². The molecule has 0 amide bonds. The quantitative estimate of drug-likeness (QED) is 0.791. The molecule has 3 unspecified atom stereocenters. The zero-order chi connectivity index (χ0) is 16.9. The highest BCUT2D eigenvalue weighted by Gasteiger charge is 2.37. The molecule has 1 saturated carbocycles. The van der Waals surface area contributed by atoms with E-state index in [1.807, 2.05) is 24.3 Å². The third-order valence-electron chi connectivity index (χ3n) is 4.74. The summed E-state index contributed by atoms with van der Waals surface area (Å²) in [6.07, 6.45) is 2.89. The lowest BCUT2D eigenvalue weighted by Gasteiger charge is -2.10. The summed E-state index contributed by atoms with van der Waals surface area (Å²) in [5, 5.41) is 9.02. The summed E-state index contributed by atoms with van der Waals surface area (Å²) in [6.45, 7) is 2.48. The maximum atomic E-state index is 11.0. The van der Waals surface area contributed by atoms with E-state index in [0.717, 1.165) is 30.3 Å². The Bertz CT molecular complexity index is 680. The number of carboxylic acids is 1. The third kappa shape index (κ3) is 4.60. The standard InChI is InChI=1S/C21H24O3/c1-15(21(22)23)10-17-8-5-9-20(12-17)24-14-19-13-18(19)11-16-6-3-2-4-7-16/h2-9,12,15,18-19H,10-11,13-14H2,1H3,(H,22,23). The largest absolute Gasteiger partial charge is 0.493 e. The van der Waals surface area contributed by atoms with Crippen molar-refractivity contribution in [1.29, 1.82) is 0 Å². The molecule has 1 fully saturated rings. The normalized spacial score (nSPS) is 20.4. The van der Waals surface area contributed by atoms with Crippen molar-refractivity contribution in [1.82, 2.24) is 0 Å². The van der Waals surface area contributed by atoms with Gasteiger partial charge in [-0.25, -0.2) is 0 Å². The molecule has 126 valence electrons. The fourth-order valence-electron chi connectivity index (χ4n) is 3.09. The maximum absolute atomic E-state index is 11.0. The van der Waals surface area contributed by atoms with E-state index in [4.69, 9.17) is 9.84 Å². The van der Waals surface area contributed by atoms with Gasteiger partial charge in [0.1, 0.15) is 5.75 Å². The van der Waals surface area contributed by atoms with Gasteiger partial charge in [-0.1, -0.05) is 49.4 Å². The second kappa shape index (κ2) is 7.52. The van der Waals surface area contributed by atoms with Crippen LogP contribution in [-0.2, 0) is 17.6 Å². The van der Waals surface area contributed by atoms with Gasteiger partial charge in [0.25, 0.3) is 0 Å². The Morgan fingerprint density at radius 2 is 1.88 bits per heavy atom. The van der Waals surface area contributed by atoms with E-state index >= 15 is 0 Å². The van der Waals surface area contributed by atoms with E-state index in [1.165, 1.54) is 12.0 Å². The minimum Gasteiger partial charge on any atom is -0.493 e. The predicted molar refractivity (Wildman–Crippen MR) is 94.2 cm³/mol. The van der Waals surface area contributed by atoms with E-state index in [9.17, 15) is 4.79 Å². The number of carboxylic acid groups (broad SMARTS) is 1. The minimum absolute atomic E-state index is 0.376. The summed E-state index contributed by atoms with van der Waals surface area (Å²) in [5.41, 5.74) is 2.41. The number of aliphatic carboxylic acids is 1. The van der Waals surface area contributed by atoms with Gasteiger partial charge < -0.3 is 9.84 Å². The van der Waals surface area contributed by atoms with Crippen molar-refractivity contribution in [3.05, 3.63) is 65.7 Å². The highest BCUT2D eigenvalue weighted by atomic mass is 16.5. The molecule has 0 bridgehead atoms. The second-order valence-corrected chi connectivity index (χ2v) is 6.85. The van der Waals surface area contributed by atoms with Crippen LogP contribution in [-0.4, -0.2) is 17.7 Å². The number of benzene rings is 2. The predicted octanol–water partition coefficient (Wildman–Crippen LogP) is 4.21. The van der Waals surface area contributed by atoms with Gasteiger partial charge in [-0.05, 0) is 54.4 Å². The van der Waals surface area contributed by atoms with Crippen LogP contribution in [0.3, 0.4) is 0 Å². The molecule has 1 aliphatic rings. The molecular weight excluding hydrogens is 300 g/mol. The van der Waals surface area contributed by atoms with Gasteiger partial charge in [-0.15, -0.1) is 0 Å². The Balaban J connectivity index is 1.47. The summed E-state index contributed by atoms with van der Waals surface area (Å²) in [5.74, 6) is 1.06. The summed E-state index contributed by atoms with van der Waals surface area (Å²) in [6, 6.07) is 18.4. The number of hydrogen-bond donors (Lipinski definition) is 1. The lowest BCUT2D eigenvalue weighted by atomic mass is 10.0. The molecule has 3 rings (SSSR count). The van der Waals surface area contributed by atoms with Crippen molar-refractivity contribution >= 4 is 5.97 Å². The fraction of sp³-hybridized carbons (Fsp3) is 0.381. The van der Waals surface area contributed by atoms with E-state index in [0.29, 0.717) is 12.3 Å². The van der Waals surface area contributed by atoms with Crippen LogP contribution in [0, 0.1) is 17.8 Å². The molecule has 0 radical (unpaired) electrons. The zero-order valence-corrected chi connectivity index (χ0v) is 14.0. The van der Waals surface area contributed by atoms with Crippen molar-refractivity contribution in [3.63, 3.8) is 0 Å².